The van der Waals surface area contributed by atoms with Crippen molar-refractivity contribution < 1.29 is 14.4 Å². The van der Waals surface area contributed by atoms with E-state index in [2.05, 4.69) is 15.9 Å². The second kappa shape index (κ2) is 6.60. The van der Waals surface area contributed by atoms with E-state index in [1.54, 1.807) is 49.9 Å². The topological polar surface area (TPSA) is 60.9 Å². The van der Waals surface area contributed by atoms with Crippen molar-refractivity contribution in [1.82, 2.24) is 14.7 Å². The van der Waals surface area contributed by atoms with Crippen LogP contribution in [0.4, 0.5) is 0 Å². The number of likely N-dealkylation sites (N-methyl/N-ethyl adjacent to an activating group) is 2. The molecule has 0 atom stereocenters. The minimum atomic E-state index is -0.889. The van der Waals surface area contributed by atoms with E-state index >= 15 is 0 Å². The molecule has 1 aliphatic heterocycles. The zero-order chi connectivity index (χ0) is 17.4. The number of amides is 3. The monoisotopic (exact) mass is 401 g/mol. The van der Waals surface area contributed by atoms with Crippen molar-refractivity contribution >= 4 is 45.0 Å². The molecule has 0 saturated carbocycles. The van der Waals surface area contributed by atoms with Gasteiger partial charge in [0.1, 0.15) is 5.54 Å². The van der Waals surface area contributed by atoms with E-state index in [0.29, 0.717) is 18.0 Å². The molecule has 1 fully saturated rings. The molecule has 0 unspecified atom stereocenters. The van der Waals surface area contributed by atoms with Crippen LogP contribution in [0.3, 0.4) is 0 Å². The molecule has 1 aromatic rings. The van der Waals surface area contributed by atoms with Gasteiger partial charge in [-0.2, -0.15) is 0 Å². The fourth-order valence-corrected chi connectivity index (χ4v) is 4.01. The molecule has 1 aliphatic rings. The van der Waals surface area contributed by atoms with Crippen LogP contribution < -0.4 is 0 Å². The molecule has 0 N–H and O–H groups in total. The number of hydrogen-bond donors (Lipinski definition) is 0. The van der Waals surface area contributed by atoms with Crippen LogP contribution in [-0.2, 0) is 9.59 Å². The summed E-state index contributed by atoms with van der Waals surface area (Å²) in [4.78, 5) is 42.3. The number of halogens is 1. The Morgan fingerprint density at radius 2 is 2.00 bits per heavy atom. The van der Waals surface area contributed by atoms with Gasteiger partial charge in [0.2, 0.25) is 11.8 Å². The van der Waals surface area contributed by atoms with E-state index in [0.717, 1.165) is 3.79 Å². The number of piperazine rings is 1. The first kappa shape index (κ1) is 17.9. The predicted octanol–water partition coefficient (Wildman–Crippen LogP) is 1.66. The lowest BCUT2D eigenvalue weighted by Gasteiger charge is -2.45. The van der Waals surface area contributed by atoms with Crippen molar-refractivity contribution in [3.63, 3.8) is 0 Å². The summed E-state index contributed by atoms with van der Waals surface area (Å²) in [6.07, 6.45) is 0. The van der Waals surface area contributed by atoms with Crippen LogP contribution in [0.2, 0.25) is 0 Å². The molecule has 23 heavy (non-hydrogen) atoms. The van der Waals surface area contributed by atoms with Gasteiger partial charge in [0.25, 0.3) is 5.91 Å². The maximum atomic E-state index is 12.6. The van der Waals surface area contributed by atoms with Gasteiger partial charge in [0, 0.05) is 27.2 Å². The van der Waals surface area contributed by atoms with Crippen LogP contribution in [0.1, 0.15) is 23.5 Å². The third kappa shape index (κ3) is 3.58. The summed E-state index contributed by atoms with van der Waals surface area (Å²) in [6.45, 7) is 4.40. The molecule has 1 aromatic heterocycles. The van der Waals surface area contributed by atoms with Crippen molar-refractivity contribution in [2.45, 2.75) is 19.4 Å². The van der Waals surface area contributed by atoms with Gasteiger partial charge < -0.3 is 14.7 Å². The fraction of sp³-hybridized carbons (Fsp3) is 0.533. The average Bonchev–Trinajstić information content (AvgIpc) is 2.90. The van der Waals surface area contributed by atoms with Crippen LogP contribution >= 0.6 is 27.3 Å². The Labute approximate surface area is 148 Å². The number of hydrogen-bond acceptors (Lipinski definition) is 4. The molecule has 2 rings (SSSR count). The zero-order valence-corrected chi connectivity index (χ0v) is 16.0. The summed E-state index contributed by atoms with van der Waals surface area (Å²) in [6, 6.07) is 3.52. The van der Waals surface area contributed by atoms with Gasteiger partial charge in [-0.25, -0.2) is 0 Å². The summed E-state index contributed by atoms with van der Waals surface area (Å²) in [5, 5.41) is 0. The Morgan fingerprint density at radius 1 is 1.35 bits per heavy atom. The van der Waals surface area contributed by atoms with Crippen LogP contribution in [-0.4, -0.2) is 71.7 Å². The molecule has 0 aromatic carbocycles. The lowest BCUT2D eigenvalue weighted by atomic mass is 9.97. The third-order valence-corrected chi connectivity index (χ3v) is 5.62. The second-order valence-corrected chi connectivity index (χ2v) is 8.56. The third-order valence-electron chi connectivity index (χ3n) is 4.01. The van der Waals surface area contributed by atoms with Gasteiger partial charge in [0.05, 0.1) is 15.2 Å². The van der Waals surface area contributed by atoms with Crippen LogP contribution in [0.25, 0.3) is 0 Å². The molecule has 2 heterocycles. The maximum Gasteiger partial charge on any atom is 0.264 e. The Kier molecular flexibility index (Phi) is 5.15. The minimum Gasteiger partial charge on any atom is -0.342 e. The van der Waals surface area contributed by atoms with Gasteiger partial charge >= 0.3 is 0 Å². The Bertz CT molecular complexity index is 644. The first-order valence-corrected chi connectivity index (χ1v) is 8.82. The predicted molar refractivity (Wildman–Crippen MR) is 92.4 cm³/mol. The highest BCUT2D eigenvalue weighted by Gasteiger charge is 2.43. The minimum absolute atomic E-state index is 0.0468. The van der Waals surface area contributed by atoms with Crippen molar-refractivity contribution in [2.24, 2.45) is 0 Å². The number of nitrogens with zero attached hydrogens (tertiary/aromatic N) is 3. The van der Waals surface area contributed by atoms with Gasteiger partial charge in [0.15, 0.2) is 0 Å². The van der Waals surface area contributed by atoms with Crippen LogP contribution in [0.5, 0.6) is 0 Å². The highest BCUT2D eigenvalue weighted by Crippen LogP contribution is 2.24. The molecule has 0 bridgehead atoms. The molecule has 1 saturated heterocycles. The number of thiophene rings is 1. The van der Waals surface area contributed by atoms with E-state index in [-0.39, 0.29) is 24.3 Å². The van der Waals surface area contributed by atoms with E-state index in [1.165, 1.54) is 16.2 Å². The first-order valence-electron chi connectivity index (χ1n) is 7.21. The normalized spacial score (nSPS) is 17.3. The summed E-state index contributed by atoms with van der Waals surface area (Å²) in [5.41, 5.74) is -0.889. The Hall–Kier alpha value is -1.41. The maximum absolute atomic E-state index is 12.6. The van der Waals surface area contributed by atoms with E-state index in [9.17, 15) is 14.4 Å². The van der Waals surface area contributed by atoms with Crippen LogP contribution in [0.15, 0.2) is 15.9 Å². The van der Waals surface area contributed by atoms with Gasteiger partial charge in [-0.3, -0.25) is 14.4 Å². The summed E-state index contributed by atoms with van der Waals surface area (Å²) >= 11 is 4.65. The standard InChI is InChI=1S/C15H20BrN3O3S/c1-15(2)14(22)17(3)7-8-19(15)12(20)9-18(4)13(21)10-5-6-11(16)23-10/h5-6H,7-9H2,1-4H3. The van der Waals surface area contributed by atoms with Gasteiger partial charge in [-0.15, -0.1) is 11.3 Å². The van der Waals surface area contributed by atoms with Crippen molar-refractivity contribution in [2.75, 3.05) is 33.7 Å². The molecule has 6 nitrogen and oxygen atoms in total. The Morgan fingerprint density at radius 3 is 2.57 bits per heavy atom. The van der Waals surface area contributed by atoms with E-state index in [4.69, 9.17) is 0 Å². The van der Waals surface area contributed by atoms with Crippen molar-refractivity contribution in [3.8, 4) is 0 Å². The van der Waals surface area contributed by atoms with Crippen molar-refractivity contribution in [3.05, 3.63) is 20.8 Å². The second-order valence-electron chi connectivity index (χ2n) is 6.10. The smallest absolute Gasteiger partial charge is 0.264 e. The fourth-order valence-electron chi connectivity index (χ4n) is 2.63. The van der Waals surface area contributed by atoms with E-state index in [1.807, 2.05) is 0 Å². The first-order chi connectivity index (χ1) is 10.6. The lowest BCUT2D eigenvalue weighted by Crippen LogP contribution is -2.64. The molecule has 0 spiro atoms. The van der Waals surface area contributed by atoms with Crippen molar-refractivity contribution in [1.29, 1.82) is 0 Å². The molecule has 0 aliphatic carbocycles. The molecule has 8 heteroatoms. The van der Waals surface area contributed by atoms with Gasteiger partial charge in [-0.05, 0) is 41.9 Å². The van der Waals surface area contributed by atoms with E-state index < -0.39 is 5.54 Å². The van der Waals surface area contributed by atoms with Gasteiger partial charge in [-0.1, -0.05) is 0 Å². The molecule has 126 valence electrons. The number of carbonyl (C=O) groups excluding carboxylic acids is 3. The molecule has 3 amide bonds. The molecule has 0 radical (unpaired) electrons. The zero-order valence-electron chi connectivity index (χ0n) is 13.6. The summed E-state index contributed by atoms with van der Waals surface area (Å²) in [7, 11) is 3.33. The van der Waals surface area contributed by atoms with Crippen LogP contribution in [0, 0.1) is 0 Å². The Balaban J connectivity index is 2.06. The highest BCUT2D eigenvalue weighted by atomic mass is 79.9. The quantitative estimate of drug-likeness (QED) is 0.773. The number of rotatable bonds is 3. The average molecular weight is 402 g/mol. The molecular weight excluding hydrogens is 382 g/mol. The highest BCUT2D eigenvalue weighted by molar-refractivity contribution is 9.11. The SMILES string of the molecule is CN(CC(=O)N1CCN(C)C(=O)C1(C)C)C(=O)c1ccc(Br)s1. The number of carbonyl (C=O) groups is 3. The summed E-state index contributed by atoms with van der Waals surface area (Å²) in [5.74, 6) is -0.511. The largest absolute Gasteiger partial charge is 0.342 e. The summed E-state index contributed by atoms with van der Waals surface area (Å²) < 4.78 is 0.867. The lowest BCUT2D eigenvalue weighted by molar-refractivity contribution is -0.157. The molecular formula is C15H20BrN3O3S.